The number of hydrogen-bond donors (Lipinski definition) is 0. The number of aryl methyl sites for hydroxylation is 1. The molecule has 0 aliphatic heterocycles. The van der Waals surface area contributed by atoms with Crippen molar-refractivity contribution in [2.24, 2.45) is 0 Å². The fourth-order valence-electron chi connectivity index (χ4n) is 1.12. The number of alkyl halides is 1. The van der Waals surface area contributed by atoms with E-state index in [0.29, 0.717) is 11.1 Å². The van der Waals surface area contributed by atoms with Crippen molar-refractivity contribution in [3.63, 3.8) is 0 Å². The maximum Gasteiger partial charge on any atom is 0.273 e. The first-order valence-corrected chi connectivity index (χ1v) is 4.00. The summed E-state index contributed by atoms with van der Waals surface area (Å²) >= 11 is 0. The zero-order chi connectivity index (χ0) is 10.7. The maximum atomic E-state index is 11.9. The second-order valence-corrected chi connectivity index (χ2v) is 2.90. The third kappa shape index (κ3) is 1.99. The van der Waals surface area contributed by atoms with Gasteiger partial charge < -0.3 is 4.74 Å². The Morgan fingerprint density at radius 1 is 1.50 bits per heavy atom. The van der Waals surface area contributed by atoms with E-state index in [2.05, 4.69) is 4.74 Å². The average Bonchev–Trinajstić information content (AvgIpc) is 2.12. The number of benzene rings is 1. The Kier molecular flexibility index (Phi) is 3.01. The van der Waals surface area contributed by atoms with Crippen LogP contribution in [0.5, 0.6) is 5.75 Å². The summed E-state index contributed by atoms with van der Waals surface area (Å²) in [5.74, 6) is 0.221. The first kappa shape index (κ1) is 10.4. The molecule has 0 heterocycles. The molecule has 0 aliphatic carbocycles. The number of nitro groups is 1. The SMILES string of the molecule is Cc1cc([N+](=O)[O-])cc(OCF)c1C. The van der Waals surface area contributed by atoms with Crippen molar-refractivity contribution in [1.82, 2.24) is 0 Å². The highest BCUT2D eigenvalue weighted by molar-refractivity contribution is 5.48. The van der Waals surface area contributed by atoms with Gasteiger partial charge in [0.05, 0.1) is 11.0 Å². The van der Waals surface area contributed by atoms with Crippen molar-refractivity contribution < 1.29 is 14.1 Å². The lowest BCUT2D eigenvalue weighted by molar-refractivity contribution is -0.385. The first-order chi connectivity index (χ1) is 6.56. The Labute approximate surface area is 80.5 Å². The number of rotatable bonds is 3. The number of ether oxygens (including phenoxy) is 1. The van der Waals surface area contributed by atoms with E-state index < -0.39 is 11.8 Å². The molecule has 4 nitrogen and oxygen atoms in total. The Morgan fingerprint density at radius 2 is 2.14 bits per heavy atom. The standard InChI is InChI=1S/C9H10FNO3/c1-6-3-8(11(12)13)4-9(7(6)2)14-5-10/h3-4H,5H2,1-2H3. The molecule has 14 heavy (non-hydrogen) atoms. The number of nitro benzene ring substituents is 1. The van der Waals surface area contributed by atoms with Gasteiger partial charge in [-0.1, -0.05) is 0 Å². The van der Waals surface area contributed by atoms with Gasteiger partial charge in [-0.3, -0.25) is 10.1 Å². The smallest absolute Gasteiger partial charge is 0.273 e. The molecule has 0 saturated heterocycles. The molecule has 0 N–H and O–H groups in total. The van der Waals surface area contributed by atoms with E-state index in [1.807, 2.05) is 0 Å². The van der Waals surface area contributed by atoms with Crippen LogP contribution in [0, 0.1) is 24.0 Å². The van der Waals surface area contributed by atoms with Crippen LogP contribution in [-0.4, -0.2) is 11.8 Å². The van der Waals surface area contributed by atoms with Gasteiger partial charge in [0.15, 0.2) is 0 Å². The monoisotopic (exact) mass is 199 g/mol. The number of nitrogens with zero attached hydrogens (tertiary/aromatic N) is 1. The third-order valence-electron chi connectivity index (χ3n) is 2.03. The molecule has 0 unspecified atom stereocenters. The predicted octanol–water partition coefficient (Wildman–Crippen LogP) is 2.52. The molecule has 0 saturated carbocycles. The molecule has 5 heteroatoms. The zero-order valence-corrected chi connectivity index (χ0v) is 7.91. The highest BCUT2D eigenvalue weighted by Gasteiger charge is 2.12. The van der Waals surface area contributed by atoms with E-state index in [1.54, 1.807) is 13.8 Å². The van der Waals surface area contributed by atoms with Gasteiger partial charge in [0.1, 0.15) is 5.75 Å². The van der Waals surface area contributed by atoms with Gasteiger partial charge in [-0.15, -0.1) is 0 Å². The second kappa shape index (κ2) is 4.04. The maximum absolute atomic E-state index is 11.9. The number of non-ortho nitro benzene ring substituents is 1. The minimum Gasteiger partial charge on any atom is -0.462 e. The molecule has 76 valence electrons. The fraction of sp³-hybridized carbons (Fsp3) is 0.333. The topological polar surface area (TPSA) is 52.4 Å². The van der Waals surface area contributed by atoms with Crippen molar-refractivity contribution in [3.05, 3.63) is 33.4 Å². The molecular weight excluding hydrogens is 189 g/mol. The Hall–Kier alpha value is -1.65. The molecule has 0 atom stereocenters. The number of halogens is 1. The van der Waals surface area contributed by atoms with Crippen LogP contribution in [0.15, 0.2) is 12.1 Å². The average molecular weight is 199 g/mol. The van der Waals surface area contributed by atoms with Crippen LogP contribution >= 0.6 is 0 Å². The van der Waals surface area contributed by atoms with Gasteiger partial charge in [0.25, 0.3) is 5.69 Å². The van der Waals surface area contributed by atoms with E-state index in [4.69, 9.17) is 0 Å². The van der Waals surface area contributed by atoms with E-state index in [9.17, 15) is 14.5 Å². The van der Waals surface area contributed by atoms with Crippen LogP contribution < -0.4 is 4.74 Å². The molecule has 1 aromatic carbocycles. The minimum atomic E-state index is -0.985. The molecule has 0 spiro atoms. The summed E-state index contributed by atoms with van der Waals surface area (Å²) in [5, 5.41) is 10.5. The normalized spacial score (nSPS) is 9.93. The highest BCUT2D eigenvalue weighted by atomic mass is 19.1. The summed E-state index contributed by atoms with van der Waals surface area (Å²) < 4.78 is 16.6. The molecule has 1 rings (SSSR count). The summed E-state index contributed by atoms with van der Waals surface area (Å²) in [4.78, 5) is 9.95. The molecule has 1 aromatic rings. The van der Waals surface area contributed by atoms with Gasteiger partial charge in [-0.05, 0) is 25.0 Å². The minimum absolute atomic E-state index is 0.0865. The van der Waals surface area contributed by atoms with Crippen molar-refractivity contribution >= 4 is 5.69 Å². The van der Waals surface area contributed by atoms with Crippen molar-refractivity contribution in [2.45, 2.75) is 13.8 Å². The van der Waals surface area contributed by atoms with Crippen LogP contribution in [0.4, 0.5) is 10.1 Å². The summed E-state index contributed by atoms with van der Waals surface area (Å²) in [5.41, 5.74) is 1.34. The summed E-state index contributed by atoms with van der Waals surface area (Å²) in [6, 6.07) is 2.66. The van der Waals surface area contributed by atoms with E-state index in [0.717, 1.165) is 0 Å². The quantitative estimate of drug-likeness (QED) is 0.555. The molecule has 0 radical (unpaired) electrons. The Bertz CT molecular complexity index is 365. The van der Waals surface area contributed by atoms with Crippen molar-refractivity contribution in [2.75, 3.05) is 6.86 Å². The molecule has 0 aliphatic rings. The van der Waals surface area contributed by atoms with E-state index in [-0.39, 0.29) is 11.4 Å². The van der Waals surface area contributed by atoms with Crippen LogP contribution in [0.25, 0.3) is 0 Å². The van der Waals surface area contributed by atoms with Crippen LogP contribution in [-0.2, 0) is 0 Å². The van der Waals surface area contributed by atoms with Gasteiger partial charge >= 0.3 is 0 Å². The molecule has 0 aromatic heterocycles. The summed E-state index contributed by atoms with van der Waals surface area (Å²) in [6.45, 7) is 2.46. The summed E-state index contributed by atoms with van der Waals surface area (Å²) in [7, 11) is 0. The first-order valence-electron chi connectivity index (χ1n) is 4.00. The predicted molar refractivity (Wildman–Crippen MR) is 49.2 cm³/mol. The van der Waals surface area contributed by atoms with Gasteiger partial charge in [-0.2, -0.15) is 0 Å². The van der Waals surface area contributed by atoms with E-state index in [1.165, 1.54) is 12.1 Å². The van der Waals surface area contributed by atoms with E-state index >= 15 is 0 Å². The Morgan fingerprint density at radius 3 is 2.64 bits per heavy atom. The molecular formula is C9H10FNO3. The molecule has 0 amide bonds. The largest absolute Gasteiger partial charge is 0.462 e. The van der Waals surface area contributed by atoms with Gasteiger partial charge in [0, 0.05) is 6.07 Å². The Balaban J connectivity index is 3.20. The van der Waals surface area contributed by atoms with Crippen LogP contribution in [0.3, 0.4) is 0 Å². The number of hydrogen-bond acceptors (Lipinski definition) is 3. The lowest BCUT2D eigenvalue weighted by atomic mass is 10.1. The van der Waals surface area contributed by atoms with Crippen LogP contribution in [0.2, 0.25) is 0 Å². The zero-order valence-electron chi connectivity index (χ0n) is 7.91. The highest BCUT2D eigenvalue weighted by Crippen LogP contribution is 2.27. The van der Waals surface area contributed by atoms with Crippen LogP contribution in [0.1, 0.15) is 11.1 Å². The van der Waals surface area contributed by atoms with Crippen molar-refractivity contribution in [3.8, 4) is 5.75 Å². The second-order valence-electron chi connectivity index (χ2n) is 2.90. The lowest BCUT2D eigenvalue weighted by Gasteiger charge is -2.07. The summed E-state index contributed by atoms with van der Waals surface area (Å²) in [6.07, 6.45) is 0. The fourth-order valence-corrected chi connectivity index (χ4v) is 1.12. The third-order valence-corrected chi connectivity index (χ3v) is 2.03. The lowest BCUT2D eigenvalue weighted by Crippen LogP contribution is -1.97. The van der Waals surface area contributed by atoms with Crippen molar-refractivity contribution in [1.29, 1.82) is 0 Å². The van der Waals surface area contributed by atoms with Gasteiger partial charge in [0.2, 0.25) is 6.86 Å². The molecule has 0 fully saturated rings. The molecule has 0 bridgehead atoms. The van der Waals surface area contributed by atoms with Gasteiger partial charge in [-0.25, -0.2) is 4.39 Å².